The first kappa shape index (κ1) is 29.7. The highest BCUT2D eigenvalue weighted by atomic mass is 19.3. The molecule has 1 aromatic heterocycles. The molecular formula is C29H37F2N3O6. The lowest BCUT2D eigenvalue weighted by molar-refractivity contribution is -0.180. The molecule has 0 aliphatic carbocycles. The number of aromatic nitrogens is 2. The number of hydrogen-bond donors (Lipinski definition) is 4. The van der Waals surface area contributed by atoms with Gasteiger partial charge in [-0.1, -0.05) is 31.0 Å². The van der Waals surface area contributed by atoms with Crippen LogP contribution < -0.4 is 15.7 Å². The van der Waals surface area contributed by atoms with E-state index in [-0.39, 0.29) is 23.7 Å². The molecule has 0 fully saturated rings. The number of aromatic amines is 1. The van der Waals surface area contributed by atoms with Gasteiger partial charge >= 0.3 is 5.69 Å². The third-order valence-electron chi connectivity index (χ3n) is 6.70. The molecule has 0 saturated carbocycles. The third kappa shape index (κ3) is 7.69. The van der Waals surface area contributed by atoms with Crippen molar-refractivity contribution >= 4 is 0 Å². The van der Waals surface area contributed by atoms with Gasteiger partial charge in [-0.15, -0.1) is 0 Å². The first-order valence-corrected chi connectivity index (χ1v) is 13.5. The Morgan fingerprint density at radius 2 is 1.98 bits per heavy atom. The predicted octanol–water partition coefficient (Wildman–Crippen LogP) is 4.51. The van der Waals surface area contributed by atoms with E-state index in [2.05, 4.69) is 10.3 Å². The first-order chi connectivity index (χ1) is 19.1. The molecule has 0 amide bonds. The van der Waals surface area contributed by atoms with Gasteiger partial charge in [0, 0.05) is 38.1 Å². The van der Waals surface area contributed by atoms with Crippen molar-refractivity contribution in [3.63, 3.8) is 0 Å². The van der Waals surface area contributed by atoms with Crippen molar-refractivity contribution < 1.29 is 33.2 Å². The first-order valence-electron chi connectivity index (χ1n) is 13.5. The monoisotopic (exact) mass is 561 g/mol. The minimum atomic E-state index is -3.25. The third-order valence-corrected chi connectivity index (χ3v) is 6.70. The number of aliphatic hydroxyl groups is 1. The van der Waals surface area contributed by atoms with Gasteiger partial charge in [0.05, 0.1) is 24.6 Å². The van der Waals surface area contributed by atoms with Gasteiger partial charge in [-0.3, -0.25) is 0 Å². The highest BCUT2D eigenvalue weighted by Gasteiger charge is 2.32. The molecular weight excluding hydrogens is 524 g/mol. The number of fused-ring (bicyclic) bond motifs is 1. The van der Waals surface area contributed by atoms with Crippen LogP contribution in [0.2, 0.25) is 0 Å². The molecule has 2 heterocycles. The number of aromatic hydroxyl groups is 1. The molecule has 1 aliphatic rings. The summed E-state index contributed by atoms with van der Waals surface area (Å²) in [5.74, 6) is -3.49. The highest BCUT2D eigenvalue weighted by molar-refractivity contribution is 5.40. The zero-order valence-electron chi connectivity index (χ0n) is 22.8. The number of aliphatic hydroxyl groups excluding tert-OH is 1. The van der Waals surface area contributed by atoms with Crippen molar-refractivity contribution in [1.29, 1.82) is 0 Å². The summed E-state index contributed by atoms with van der Waals surface area (Å²) in [5, 5.41) is 23.6. The maximum Gasteiger partial charge on any atom is 0.333 e. The Hall–Kier alpha value is -3.25. The zero-order chi connectivity index (χ0) is 28.8. The Bertz CT molecular complexity index is 1320. The molecule has 11 heteroatoms. The number of alkyl halides is 2. The second-order valence-electron chi connectivity index (χ2n) is 10.4. The van der Waals surface area contributed by atoms with Gasteiger partial charge in [0.15, 0.2) is 0 Å². The summed E-state index contributed by atoms with van der Waals surface area (Å²) < 4.78 is 47.0. The quantitative estimate of drug-likeness (QED) is 0.214. The fourth-order valence-corrected chi connectivity index (χ4v) is 4.49. The predicted molar refractivity (Wildman–Crippen MR) is 145 cm³/mol. The van der Waals surface area contributed by atoms with E-state index in [9.17, 15) is 23.8 Å². The highest BCUT2D eigenvalue weighted by Crippen LogP contribution is 2.33. The van der Waals surface area contributed by atoms with Crippen molar-refractivity contribution in [3.05, 3.63) is 75.8 Å². The van der Waals surface area contributed by atoms with E-state index in [0.717, 1.165) is 59.5 Å². The minimum Gasteiger partial charge on any atom is -0.493 e. The maximum absolute atomic E-state index is 14.7. The van der Waals surface area contributed by atoms with Gasteiger partial charge in [-0.25, -0.2) is 9.36 Å². The Labute approximate surface area is 231 Å². The Morgan fingerprint density at radius 3 is 2.75 bits per heavy atom. The summed E-state index contributed by atoms with van der Waals surface area (Å²) in [6, 6.07) is 10.9. The molecule has 4 rings (SSSR count). The molecule has 218 valence electrons. The normalized spacial score (nSPS) is 15.4. The lowest BCUT2D eigenvalue weighted by atomic mass is 10.0. The molecule has 0 saturated heterocycles. The SMILES string of the molecule is CC1(C)OCc2cc(C(O)CNCCCCCCOCC(F)(F)c3cccc(-n4c(O)c[nH]c4=O)c3)ccc2O1. The molecule has 1 atom stereocenters. The zero-order valence-corrected chi connectivity index (χ0v) is 22.8. The molecule has 0 radical (unpaired) electrons. The van der Waals surface area contributed by atoms with Crippen LogP contribution in [0.1, 0.15) is 62.3 Å². The second-order valence-corrected chi connectivity index (χ2v) is 10.4. The second kappa shape index (κ2) is 12.9. The van der Waals surface area contributed by atoms with E-state index in [0.29, 0.717) is 19.6 Å². The number of nitrogens with one attached hydrogen (secondary N) is 2. The summed E-state index contributed by atoms with van der Waals surface area (Å²) >= 11 is 0. The van der Waals surface area contributed by atoms with Crippen molar-refractivity contribution in [2.75, 3.05) is 26.3 Å². The van der Waals surface area contributed by atoms with Gasteiger partial charge in [0.25, 0.3) is 5.92 Å². The summed E-state index contributed by atoms with van der Waals surface area (Å²) in [6.45, 7) is 4.75. The van der Waals surface area contributed by atoms with Crippen LogP contribution in [0.4, 0.5) is 8.78 Å². The topological polar surface area (TPSA) is 118 Å². The van der Waals surface area contributed by atoms with Crippen molar-refractivity contribution in [1.82, 2.24) is 14.9 Å². The van der Waals surface area contributed by atoms with E-state index >= 15 is 0 Å². The fraction of sp³-hybridized carbons (Fsp3) is 0.483. The van der Waals surface area contributed by atoms with Crippen LogP contribution in [0.25, 0.3) is 5.69 Å². The Balaban J connectivity index is 1.09. The fourth-order valence-electron chi connectivity index (χ4n) is 4.49. The van der Waals surface area contributed by atoms with Gasteiger partial charge in [0.1, 0.15) is 12.4 Å². The van der Waals surface area contributed by atoms with Crippen LogP contribution in [0.3, 0.4) is 0 Å². The van der Waals surface area contributed by atoms with Crippen molar-refractivity contribution in [2.24, 2.45) is 0 Å². The van der Waals surface area contributed by atoms with E-state index < -0.39 is 30.1 Å². The van der Waals surface area contributed by atoms with Crippen molar-refractivity contribution in [3.8, 4) is 17.3 Å². The van der Waals surface area contributed by atoms with Gasteiger partial charge < -0.3 is 34.7 Å². The average molecular weight is 562 g/mol. The van der Waals surface area contributed by atoms with E-state index in [1.807, 2.05) is 32.0 Å². The van der Waals surface area contributed by atoms with Crippen LogP contribution in [0.15, 0.2) is 53.5 Å². The van der Waals surface area contributed by atoms with E-state index in [1.165, 1.54) is 18.2 Å². The summed E-state index contributed by atoms with van der Waals surface area (Å²) in [5.41, 5.74) is 0.934. The molecule has 1 aliphatic heterocycles. The van der Waals surface area contributed by atoms with Crippen LogP contribution in [0, 0.1) is 0 Å². The summed E-state index contributed by atoms with van der Waals surface area (Å²) in [4.78, 5) is 14.1. The van der Waals surface area contributed by atoms with Crippen molar-refractivity contribution in [2.45, 2.75) is 64.0 Å². The van der Waals surface area contributed by atoms with Gasteiger partial charge in [-0.05, 0) is 49.2 Å². The molecule has 1 unspecified atom stereocenters. The number of H-pyrrole nitrogens is 1. The number of benzene rings is 2. The van der Waals surface area contributed by atoms with Crippen LogP contribution in [-0.2, 0) is 22.0 Å². The molecule has 0 spiro atoms. The lowest BCUT2D eigenvalue weighted by Crippen LogP contribution is -2.35. The maximum atomic E-state index is 14.7. The molecule has 0 bridgehead atoms. The smallest absolute Gasteiger partial charge is 0.333 e. The van der Waals surface area contributed by atoms with Crippen LogP contribution in [0.5, 0.6) is 11.6 Å². The van der Waals surface area contributed by atoms with E-state index in [4.69, 9.17) is 14.2 Å². The van der Waals surface area contributed by atoms with Gasteiger partial charge in [0.2, 0.25) is 11.7 Å². The van der Waals surface area contributed by atoms with Gasteiger partial charge in [-0.2, -0.15) is 8.78 Å². The number of ether oxygens (including phenoxy) is 3. The Morgan fingerprint density at radius 1 is 1.18 bits per heavy atom. The molecule has 40 heavy (non-hydrogen) atoms. The molecule has 2 aromatic carbocycles. The minimum absolute atomic E-state index is 0.137. The average Bonchev–Trinajstić information content (AvgIpc) is 3.26. The molecule has 3 aromatic rings. The number of unbranched alkanes of at least 4 members (excludes halogenated alkanes) is 3. The lowest BCUT2D eigenvalue weighted by Gasteiger charge is -2.33. The number of rotatable bonds is 14. The number of imidazole rings is 1. The molecule has 9 nitrogen and oxygen atoms in total. The molecule has 4 N–H and O–H groups in total. The number of halogens is 2. The summed E-state index contributed by atoms with van der Waals surface area (Å²) in [7, 11) is 0. The number of hydrogen-bond acceptors (Lipinski definition) is 7. The van der Waals surface area contributed by atoms with E-state index in [1.54, 1.807) is 0 Å². The largest absolute Gasteiger partial charge is 0.493 e. The van der Waals surface area contributed by atoms with Crippen LogP contribution in [-0.4, -0.2) is 51.9 Å². The number of nitrogens with zero attached hydrogens (tertiary/aromatic N) is 1. The Kier molecular flexibility index (Phi) is 9.62. The van der Waals surface area contributed by atoms with Crippen LogP contribution >= 0.6 is 0 Å². The summed E-state index contributed by atoms with van der Waals surface area (Å²) in [6.07, 6.45) is 3.73. The standard InChI is InChI=1S/C29H37F2N3O6/c1-28(2)39-18-21-14-20(10-11-25(21)40-28)24(35)16-32-12-5-3-4-6-13-38-19-29(30,31)22-8-7-9-23(15-22)34-26(36)17-33-27(34)37/h7-11,14-15,17,24,32,35-36H,3-6,12-13,16,18-19H2,1-2H3,(H,33,37).